The molecule has 0 bridgehead atoms. The van der Waals surface area contributed by atoms with Gasteiger partial charge in [-0.3, -0.25) is 0 Å². The molecule has 2 aromatic carbocycles. The summed E-state index contributed by atoms with van der Waals surface area (Å²) in [6, 6.07) is 14.9. The zero-order valence-electron chi connectivity index (χ0n) is 17.2. The molecule has 0 aliphatic rings. The molecule has 0 fully saturated rings. The van der Waals surface area contributed by atoms with Crippen LogP contribution in [0.5, 0.6) is 5.75 Å². The largest absolute Gasteiger partial charge is 0.485 e. The van der Waals surface area contributed by atoms with Crippen LogP contribution in [-0.2, 0) is 13.2 Å². The first-order chi connectivity index (χ1) is 13.1. The molecule has 3 rings (SSSR count). The smallest absolute Gasteiger partial charge is 0.147 e. The van der Waals surface area contributed by atoms with E-state index in [2.05, 4.69) is 74.7 Å². The predicted octanol–water partition coefficient (Wildman–Crippen LogP) is 6.63. The summed E-state index contributed by atoms with van der Waals surface area (Å²) in [5.74, 6) is 2.44. The van der Waals surface area contributed by atoms with Crippen molar-refractivity contribution in [2.75, 3.05) is 0 Å². The lowest BCUT2D eigenvalue weighted by atomic mass is 10.0. The standard InChI is InChI=1S/C24H32N2O/c1-5-6-7-10-15-26-22-12-9-8-11-21(22)25-24(26)17-27-23-16-19(4)13-14-20(23)18(2)3/h8-9,11-14,16,18H,5-7,10,15,17H2,1-4H3. The van der Waals surface area contributed by atoms with Crippen LogP contribution in [0.15, 0.2) is 42.5 Å². The Bertz CT molecular complexity index is 879. The number of ether oxygens (including phenoxy) is 1. The van der Waals surface area contributed by atoms with Crippen LogP contribution in [0.1, 0.15) is 69.3 Å². The molecule has 0 aliphatic heterocycles. The van der Waals surface area contributed by atoms with Crippen molar-refractivity contribution in [2.45, 2.75) is 72.4 Å². The van der Waals surface area contributed by atoms with Crippen molar-refractivity contribution in [1.82, 2.24) is 9.55 Å². The van der Waals surface area contributed by atoms with Gasteiger partial charge in [-0.1, -0.05) is 64.3 Å². The van der Waals surface area contributed by atoms with Gasteiger partial charge in [-0.05, 0) is 48.6 Å². The predicted molar refractivity (Wildman–Crippen MR) is 113 cm³/mol. The van der Waals surface area contributed by atoms with Crippen molar-refractivity contribution in [2.24, 2.45) is 0 Å². The number of para-hydroxylation sites is 2. The van der Waals surface area contributed by atoms with Crippen molar-refractivity contribution in [3.63, 3.8) is 0 Å². The fourth-order valence-electron chi connectivity index (χ4n) is 3.57. The van der Waals surface area contributed by atoms with Crippen LogP contribution < -0.4 is 4.74 Å². The molecule has 3 nitrogen and oxygen atoms in total. The Balaban J connectivity index is 1.83. The van der Waals surface area contributed by atoms with E-state index in [1.165, 1.54) is 42.3 Å². The van der Waals surface area contributed by atoms with E-state index in [0.717, 1.165) is 23.6 Å². The van der Waals surface area contributed by atoms with E-state index in [4.69, 9.17) is 9.72 Å². The minimum Gasteiger partial charge on any atom is -0.485 e. The normalized spacial score (nSPS) is 11.4. The van der Waals surface area contributed by atoms with E-state index < -0.39 is 0 Å². The lowest BCUT2D eigenvalue weighted by molar-refractivity contribution is 0.285. The molecule has 1 heterocycles. The van der Waals surface area contributed by atoms with Gasteiger partial charge in [0, 0.05) is 6.54 Å². The van der Waals surface area contributed by atoms with Gasteiger partial charge in [-0.15, -0.1) is 0 Å². The van der Waals surface area contributed by atoms with Crippen LogP contribution in [0.3, 0.4) is 0 Å². The summed E-state index contributed by atoms with van der Waals surface area (Å²) in [7, 11) is 0. The molecule has 0 amide bonds. The number of hydrogen-bond donors (Lipinski definition) is 0. The lowest BCUT2D eigenvalue weighted by Gasteiger charge is -2.15. The molecule has 144 valence electrons. The van der Waals surface area contributed by atoms with E-state index in [1.54, 1.807) is 0 Å². The van der Waals surface area contributed by atoms with E-state index in [9.17, 15) is 0 Å². The maximum absolute atomic E-state index is 6.28. The number of aryl methyl sites for hydroxylation is 2. The lowest BCUT2D eigenvalue weighted by Crippen LogP contribution is -2.09. The van der Waals surface area contributed by atoms with Crippen LogP contribution in [0.25, 0.3) is 11.0 Å². The van der Waals surface area contributed by atoms with Gasteiger partial charge in [0.25, 0.3) is 0 Å². The Kier molecular flexibility index (Phi) is 6.54. The highest BCUT2D eigenvalue weighted by Gasteiger charge is 2.13. The topological polar surface area (TPSA) is 27.1 Å². The molecule has 0 saturated carbocycles. The van der Waals surface area contributed by atoms with Crippen molar-refractivity contribution >= 4 is 11.0 Å². The van der Waals surface area contributed by atoms with Gasteiger partial charge in [0.2, 0.25) is 0 Å². The van der Waals surface area contributed by atoms with E-state index in [1.807, 2.05) is 0 Å². The second-order valence-electron chi connectivity index (χ2n) is 7.71. The molecule has 27 heavy (non-hydrogen) atoms. The Hall–Kier alpha value is -2.29. The average Bonchev–Trinajstić information content (AvgIpc) is 3.01. The maximum atomic E-state index is 6.28. The highest BCUT2D eigenvalue weighted by Crippen LogP contribution is 2.28. The number of aromatic nitrogens is 2. The van der Waals surface area contributed by atoms with E-state index in [-0.39, 0.29) is 0 Å². The summed E-state index contributed by atoms with van der Waals surface area (Å²) in [4.78, 5) is 4.86. The zero-order chi connectivity index (χ0) is 19.2. The molecule has 0 saturated heterocycles. The number of benzene rings is 2. The number of nitrogens with zero attached hydrogens (tertiary/aromatic N) is 2. The molecule has 1 aromatic heterocycles. The summed E-state index contributed by atoms with van der Waals surface area (Å²) in [6.07, 6.45) is 4.99. The molecule has 0 spiro atoms. The summed E-state index contributed by atoms with van der Waals surface area (Å²) in [5.41, 5.74) is 4.74. The van der Waals surface area contributed by atoms with Gasteiger partial charge >= 0.3 is 0 Å². The minimum absolute atomic E-state index is 0.438. The third-order valence-corrected chi connectivity index (χ3v) is 5.12. The quantitative estimate of drug-likeness (QED) is 0.399. The summed E-state index contributed by atoms with van der Waals surface area (Å²) in [5, 5.41) is 0. The second-order valence-corrected chi connectivity index (χ2v) is 7.71. The Morgan fingerprint density at radius 3 is 2.63 bits per heavy atom. The van der Waals surface area contributed by atoms with Crippen LogP contribution >= 0.6 is 0 Å². The van der Waals surface area contributed by atoms with Crippen LogP contribution in [0, 0.1) is 6.92 Å². The van der Waals surface area contributed by atoms with Gasteiger partial charge in [-0.25, -0.2) is 4.98 Å². The Morgan fingerprint density at radius 2 is 1.85 bits per heavy atom. The third-order valence-electron chi connectivity index (χ3n) is 5.12. The van der Waals surface area contributed by atoms with Crippen molar-refractivity contribution in [3.8, 4) is 5.75 Å². The minimum atomic E-state index is 0.438. The number of hydrogen-bond acceptors (Lipinski definition) is 2. The van der Waals surface area contributed by atoms with E-state index >= 15 is 0 Å². The SMILES string of the molecule is CCCCCCn1c(COc2cc(C)ccc2C(C)C)nc2ccccc21. The van der Waals surface area contributed by atoms with Crippen molar-refractivity contribution < 1.29 is 4.74 Å². The van der Waals surface area contributed by atoms with Gasteiger partial charge in [0.1, 0.15) is 18.2 Å². The first-order valence-electron chi connectivity index (χ1n) is 10.3. The molecule has 0 aliphatic carbocycles. The van der Waals surface area contributed by atoms with E-state index in [0.29, 0.717) is 12.5 Å². The van der Waals surface area contributed by atoms with Crippen molar-refractivity contribution in [3.05, 3.63) is 59.4 Å². The number of fused-ring (bicyclic) bond motifs is 1. The monoisotopic (exact) mass is 364 g/mol. The van der Waals surface area contributed by atoms with Gasteiger partial charge in [0.05, 0.1) is 11.0 Å². The maximum Gasteiger partial charge on any atom is 0.147 e. The first-order valence-corrected chi connectivity index (χ1v) is 10.3. The Morgan fingerprint density at radius 1 is 1.04 bits per heavy atom. The molecule has 0 N–H and O–H groups in total. The van der Waals surface area contributed by atoms with Crippen molar-refractivity contribution in [1.29, 1.82) is 0 Å². The highest BCUT2D eigenvalue weighted by atomic mass is 16.5. The highest BCUT2D eigenvalue weighted by molar-refractivity contribution is 5.75. The molecule has 3 aromatic rings. The average molecular weight is 365 g/mol. The molecule has 0 atom stereocenters. The fourth-order valence-corrected chi connectivity index (χ4v) is 3.57. The summed E-state index contributed by atoms with van der Waals surface area (Å²) < 4.78 is 8.62. The first kappa shape index (κ1) is 19.5. The van der Waals surface area contributed by atoms with Gasteiger partial charge in [0.15, 0.2) is 0 Å². The molecular weight excluding hydrogens is 332 g/mol. The fraction of sp³-hybridized carbons (Fsp3) is 0.458. The summed E-state index contributed by atoms with van der Waals surface area (Å²) >= 11 is 0. The Labute approximate surface area is 163 Å². The molecule has 0 radical (unpaired) electrons. The summed E-state index contributed by atoms with van der Waals surface area (Å²) in [6.45, 7) is 10.3. The van der Waals surface area contributed by atoms with Gasteiger partial charge in [-0.2, -0.15) is 0 Å². The molecule has 3 heteroatoms. The number of unbranched alkanes of at least 4 members (excludes halogenated alkanes) is 3. The van der Waals surface area contributed by atoms with Crippen LogP contribution in [0.2, 0.25) is 0 Å². The van der Waals surface area contributed by atoms with Gasteiger partial charge < -0.3 is 9.30 Å². The second kappa shape index (κ2) is 9.07. The van der Waals surface area contributed by atoms with Crippen LogP contribution in [-0.4, -0.2) is 9.55 Å². The third kappa shape index (κ3) is 4.71. The number of imidazole rings is 1. The zero-order valence-corrected chi connectivity index (χ0v) is 17.2. The van der Waals surface area contributed by atoms with Crippen LogP contribution in [0.4, 0.5) is 0 Å². The number of rotatable bonds is 9. The molecule has 0 unspecified atom stereocenters. The molecular formula is C24H32N2O.